The minimum Gasteiger partial charge on any atom is -0.467 e. The van der Waals surface area contributed by atoms with Gasteiger partial charge in [0.15, 0.2) is 12.8 Å². The molecule has 0 amide bonds. The predicted octanol–water partition coefficient (Wildman–Crippen LogP) is 1.12. The molecule has 0 saturated carbocycles. The molecule has 7 nitrogen and oxygen atoms in total. The van der Waals surface area contributed by atoms with Gasteiger partial charge < -0.3 is 24.8 Å². The summed E-state index contributed by atoms with van der Waals surface area (Å²) in [5.74, 6) is 1.27. The van der Waals surface area contributed by atoms with Gasteiger partial charge in [-0.2, -0.15) is 0 Å². The summed E-state index contributed by atoms with van der Waals surface area (Å²) in [5, 5.41) is 6.57. The summed E-state index contributed by atoms with van der Waals surface area (Å²) in [7, 11) is 0. The van der Waals surface area contributed by atoms with Gasteiger partial charge in [0.2, 0.25) is 0 Å². The first-order valence-electron chi connectivity index (χ1n) is 9.60. The van der Waals surface area contributed by atoms with E-state index in [1.54, 1.807) is 0 Å². The first-order chi connectivity index (χ1) is 13.3. The van der Waals surface area contributed by atoms with Crippen molar-refractivity contribution >= 4 is 5.96 Å². The second-order valence-corrected chi connectivity index (χ2v) is 6.56. The van der Waals surface area contributed by atoms with Crippen LogP contribution in [0.15, 0.2) is 17.1 Å². The molecule has 0 spiro atoms. The van der Waals surface area contributed by atoms with Crippen molar-refractivity contribution in [1.82, 2.24) is 15.5 Å². The molecule has 0 atom stereocenters. The van der Waals surface area contributed by atoms with Gasteiger partial charge in [0, 0.05) is 38.3 Å². The van der Waals surface area contributed by atoms with Crippen molar-refractivity contribution in [3.05, 3.63) is 29.1 Å². The molecule has 1 fully saturated rings. The molecule has 0 bridgehead atoms. The van der Waals surface area contributed by atoms with Crippen molar-refractivity contribution in [1.29, 1.82) is 0 Å². The van der Waals surface area contributed by atoms with Crippen LogP contribution in [-0.2, 0) is 22.5 Å². The number of ether oxygens (including phenoxy) is 3. The molecule has 1 aromatic rings. The summed E-state index contributed by atoms with van der Waals surface area (Å²) >= 11 is 0. The van der Waals surface area contributed by atoms with E-state index >= 15 is 0 Å². The maximum absolute atomic E-state index is 13.8. The molecule has 0 radical (unpaired) electrons. The van der Waals surface area contributed by atoms with Gasteiger partial charge in [-0.05, 0) is 31.0 Å². The van der Waals surface area contributed by atoms with Gasteiger partial charge in [-0.1, -0.05) is 0 Å². The van der Waals surface area contributed by atoms with Crippen molar-refractivity contribution in [2.24, 2.45) is 4.99 Å². The lowest BCUT2D eigenvalue weighted by molar-refractivity contribution is -0.0172. The second kappa shape index (κ2) is 10.4. The van der Waals surface area contributed by atoms with Gasteiger partial charge in [-0.3, -0.25) is 9.89 Å². The quantitative estimate of drug-likeness (QED) is 0.546. The van der Waals surface area contributed by atoms with E-state index in [4.69, 9.17) is 14.2 Å². The number of morpholine rings is 1. The summed E-state index contributed by atoms with van der Waals surface area (Å²) in [5.41, 5.74) is 1.62. The molecule has 0 aromatic heterocycles. The molecule has 150 valence electrons. The summed E-state index contributed by atoms with van der Waals surface area (Å²) < 4.78 is 30.0. The van der Waals surface area contributed by atoms with Crippen LogP contribution in [0.25, 0.3) is 0 Å². The van der Waals surface area contributed by atoms with Gasteiger partial charge in [-0.25, -0.2) is 4.39 Å². The highest BCUT2D eigenvalue weighted by Crippen LogP contribution is 2.29. The molecule has 27 heavy (non-hydrogen) atoms. The lowest BCUT2D eigenvalue weighted by Gasteiger charge is -2.25. The molecule has 1 aromatic carbocycles. The first kappa shape index (κ1) is 19.9. The molecule has 3 rings (SSSR count). The van der Waals surface area contributed by atoms with Crippen LogP contribution >= 0.6 is 0 Å². The van der Waals surface area contributed by atoms with Crippen molar-refractivity contribution in [3.8, 4) is 5.75 Å². The normalized spacial score (nSPS) is 17.9. The van der Waals surface area contributed by atoms with Gasteiger partial charge in [0.1, 0.15) is 11.6 Å². The summed E-state index contributed by atoms with van der Waals surface area (Å²) in [6.45, 7) is 9.25. The third-order valence-electron chi connectivity index (χ3n) is 4.57. The van der Waals surface area contributed by atoms with Crippen molar-refractivity contribution < 1.29 is 18.6 Å². The molecule has 2 heterocycles. The van der Waals surface area contributed by atoms with E-state index in [0.29, 0.717) is 19.6 Å². The highest BCUT2D eigenvalue weighted by atomic mass is 19.1. The smallest absolute Gasteiger partial charge is 0.191 e. The van der Waals surface area contributed by atoms with E-state index in [-0.39, 0.29) is 12.6 Å². The van der Waals surface area contributed by atoms with Crippen LogP contribution < -0.4 is 15.4 Å². The third-order valence-corrected chi connectivity index (χ3v) is 4.57. The van der Waals surface area contributed by atoms with E-state index < -0.39 is 0 Å². The van der Waals surface area contributed by atoms with Crippen molar-refractivity contribution in [3.63, 3.8) is 0 Å². The summed E-state index contributed by atoms with van der Waals surface area (Å²) in [4.78, 5) is 6.99. The average molecular weight is 380 g/mol. The minimum absolute atomic E-state index is 0.213. The number of halogens is 1. The highest BCUT2D eigenvalue weighted by molar-refractivity contribution is 5.79. The van der Waals surface area contributed by atoms with Crippen LogP contribution in [0.2, 0.25) is 0 Å². The zero-order chi connectivity index (χ0) is 18.9. The van der Waals surface area contributed by atoms with Crippen LogP contribution in [0, 0.1) is 5.82 Å². The number of nitrogens with zero attached hydrogens (tertiary/aromatic N) is 2. The number of nitrogens with one attached hydrogen (secondary N) is 2. The number of hydrogen-bond donors (Lipinski definition) is 2. The van der Waals surface area contributed by atoms with E-state index in [2.05, 4.69) is 20.5 Å². The zero-order valence-electron chi connectivity index (χ0n) is 15.9. The number of hydrogen-bond acceptors (Lipinski definition) is 5. The summed E-state index contributed by atoms with van der Waals surface area (Å²) in [6, 6.07) is 3.01. The fourth-order valence-corrected chi connectivity index (χ4v) is 3.23. The topological polar surface area (TPSA) is 67.4 Å². The van der Waals surface area contributed by atoms with Crippen LogP contribution in [-0.4, -0.2) is 70.1 Å². The molecule has 2 N–H and O–H groups in total. The Kier molecular flexibility index (Phi) is 7.67. The van der Waals surface area contributed by atoms with Crippen LogP contribution in [0.3, 0.4) is 0 Å². The molecular formula is C19H29FN4O3. The van der Waals surface area contributed by atoms with Gasteiger partial charge in [-0.15, -0.1) is 0 Å². The minimum atomic E-state index is -0.260. The maximum Gasteiger partial charge on any atom is 0.191 e. The number of fused-ring (bicyclic) bond motifs is 1. The monoisotopic (exact) mass is 380 g/mol. The number of aliphatic imine (C=N–C) groups is 1. The summed E-state index contributed by atoms with van der Waals surface area (Å²) in [6.07, 6.45) is 0.647. The number of guanidine groups is 1. The second-order valence-electron chi connectivity index (χ2n) is 6.56. The number of benzene rings is 1. The fourth-order valence-electron chi connectivity index (χ4n) is 3.23. The molecule has 2 aliphatic rings. The Balaban J connectivity index is 1.50. The third kappa shape index (κ3) is 6.05. The highest BCUT2D eigenvalue weighted by Gasteiger charge is 2.17. The fraction of sp³-hybridized carbons (Fsp3) is 0.632. The molecule has 1 saturated heterocycles. The Hall–Kier alpha value is -1.90. The zero-order valence-corrected chi connectivity index (χ0v) is 15.9. The lowest BCUT2D eigenvalue weighted by atomic mass is 10.1. The maximum atomic E-state index is 13.8. The Morgan fingerprint density at radius 1 is 1.22 bits per heavy atom. The van der Waals surface area contributed by atoms with Crippen LogP contribution in [0.1, 0.15) is 18.1 Å². The number of rotatable bonds is 7. The molecular weight excluding hydrogens is 351 g/mol. The Bertz CT molecular complexity index is 636. The average Bonchev–Trinajstić information content (AvgIpc) is 2.68. The molecule has 0 unspecified atom stereocenters. The molecule has 8 heteroatoms. The van der Waals surface area contributed by atoms with E-state index in [9.17, 15) is 4.39 Å². The largest absolute Gasteiger partial charge is 0.467 e. The first-order valence-corrected chi connectivity index (χ1v) is 9.60. The molecule has 2 aliphatic heterocycles. The Morgan fingerprint density at radius 3 is 2.89 bits per heavy atom. The Labute approximate surface area is 159 Å². The van der Waals surface area contributed by atoms with Crippen molar-refractivity contribution in [2.45, 2.75) is 20.0 Å². The van der Waals surface area contributed by atoms with E-state index in [1.165, 1.54) is 12.1 Å². The van der Waals surface area contributed by atoms with Gasteiger partial charge in [0.05, 0.1) is 26.4 Å². The lowest BCUT2D eigenvalue weighted by Crippen LogP contribution is -2.40. The van der Waals surface area contributed by atoms with Gasteiger partial charge >= 0.3 is 0 Å². The van der Waals surface area contributed by atoms with E-state index in [0.717, 1.165) is 68.8 Å². The van der Waals surface area contributed by atoms with Crippen molar-refractivity contribution in [2.75, 3.05) is 59.3 Å². The van der Waals surface area contributed by atoms with Crippen LogP contribution in [0.4, 0.5) is 4.39 Å². The SMILES string of the molecule is CCNC(=NCCN1CCOCC1)NCCc1cc(F)cc2c1OCOC2. The Morgan fingerprint density at radius 2 is 2.07 bits per heavy atom. The van der Waals surface area contributed by atoms with Crippen LogP contribution in [0.5, 0.6) is 5.75 Å². The van der Waals surface area contributed by atoms with Gasteiger partial charge in [0.25, 0.3) is 0 Å². The van der Waals surface area contributed by atoms with E-state index in [1.807, 2.05) is 6.92 Å². The molecule has 0 aliphatic carbocycles. The predicted molar refractivity (Wildman–Crippen MR) is 102 cm³/mol. The standard InChI is InChI=1S/C19H29FN4O3/c1-2-21-19(23-5-6-24-7-9-25-10-8-24)22-4-3-15-11-17(20)12-16-13-26-14-27-18(15)16/h11-12H,2-10,13-14H2,1H3,(H2,21,22,23).